The number of hydrogen-bond acceptors (Lipinski definition) is 6. The van der Waals surface area contributed by atoms with Crippen molar-refractivity contribution in [3.63, 3.8) is 0 Å². The van der Waals surface area contributed by atoms with Gasteiger partial charge in [-0.2, -0.15) is 4.31 Å². The van der Waals surface area contributed by atoms with Crippen molar-refractivity contribution in [2.45, 2.75) is 36.9 Å². The van der Waals surface area contributed by atoms with Gasteiger partial charge in [-0.05, 0) is 49.4 Å². The molecular formula is C19H23F3N2O6S2. The van der Waals surface area contributed by atoms with E-state index in [-0.39, 0.29) is 40.9 Å². The van der Waals surface area contributed by atoms with E-state index in [1.807, 2.05) is 0 Å². The van der Waals surface area contributed by atoms with Crippen LogP contribution in [0.4, 0.5) is 18.9 Å². The number of ether oxygens (including phenoxy) is 2. The molecule has 178 valence electrons. The molecule has 0 fully saturated rings. The van der Waals surface area contributed by atoms with E-state index in [9.17, 15) is 30.0 Å². The maximum Gasteiger partial charge on any atom is 0.573 e. The van der Waals surface area contributed by atoms with E-state index < -0.39 is 32.2 Å². The minimum Gasteiger partial charge on any atom is -0.492 e. The summed E-state index contributed by atoms with van der Waals surface area (Å²) in [7, 11) is -8.20. The Morgan fingerprint density at radius 1 is 0.938 bits per heavy atom. The van der Waals surface area contributed by atoms with E-state index in [1.165, 1.54) is 16.4 Å². The molecule has 32 heavy (non-hydrogen) atoms. The summed E-state index contributed by atoms with van der Waals surface area (Å²) in [6, 6.07) is 7.38. The highest BCUT2D eigenvalue weighted by atomic mass is 32.2. The Bertz CT molecular complexity index is 1130. The van der Waals surface area contributed by atoms with E-state index >= 15 is 0 Å². The summed E-state index contributed by atoms with van der Waals surface area (Å²) >= 11 is 0. The van der Waals surface area contributed by atoms with Crippen molar-refractivity contribution in [3.8, 4) is 11.5 Å². The molecule has 2 aromatic carbocycles. The fraction of sp³-hybridized carbons (Fsp3) is 0.368. The highest BCUT2D eigenvalue weighted by Crippen LogP contribution is 2.31. The van der Waals surface area contributed by atoms with Gasteiger partial charge in [0, 0.05) is 13.1 Å². The van der Waals surface area contributed by atoms with E-state index in [1.54, 1.807) is 20.8 Å². The van der Waals surface area contributed by atoms with Crippen molar-refractivity contribution < 1.29 is 39.5 Å². The average molecular weight is 497 g/mol. The van der Waals surface area contributed by atoms with Crippen molar-refractivity contribution in [2.24, 2.45) is 0 Å². The standard InChI is InChI=1S/C19H23F3N2O6S2/c1-4-24(5-2)32(27,28)18-13-14(7-12-17(18)29-6-3)23-31(25,26)16-10-8-15(9-11-16)30-19(20,21)22/h7-13,23H,4-6H2,1-3H3. The Labute approximate surface area is 185 Å². The Morgan fingerprint density at radius 3 is 2.03 bits per heavy atom. The molecule has 0 aromatic heterocycles. The quantitative estimate of drug-likeness (QED) is 0.537. The Morgan fingerprint density at radius 2 is 1.53 bits per heavy atom. The van der Waals surface area contributed by atoms with E-state index in [0.717, 1.165) is 30.3 Å². The van der Waals surface area contributed by atoms with Crippen molar-refractivity contribution >= 4 is 25.7 Å². The predicted octanol–water partition coefficient (Wildman–Crippen LogP) is 3.82. The molecule has 0 saturated carbocycles. The van der Waals surface area contributed by atoms with E-state index in [4.69, 9.17) is 4.74 Å². The molecule has 0 bridgehead atoms. The molecule has 0 heterocycles. The van der Waals surface area contributed by atoms with Gasteiger partial charge >= 0.3 is 6.36 Å². The summed E-state index contributed by atoms with van der Waals surface area (Å²) < 4.78 is 101. The van der Waals surface area contributed by atoms with Gasteiger partial charge in [0.15, 0.2) is 0 Å². The van der Waals surface area contributed by atoms with Gasteiger partial charge in [-0.1, -0.05) is 13.8 Å². The highest BCUT2D eigenvalue weighted by molar-refractivity contribution is 7.92. The third-order valence-electron chi connectivity index (χ3n) is 4.19. The molecule has 2 aromatic rings. The first-order valence-corrected chi connectivity index (χ1v) is 12.4. The minimum atomic E-state index is -4.91. The minimum absolute atomic E-state index is 0.0604. The van der Waals surface area contributed by atoms with Crippen LogP contribution in [-0.4, -0.2) is 47.2 Å². The van der Waals surface area contributed by atoms with Crippen LogP contribution in [0.25, 0.3) is 0 Å². The smallest absolute Gasteiger partial charge is 0.492 e. The lowest BCUT2D eigenvalue weighted by Gasteiger charge is -2.21. The second-order valence-electron chi connectivity index (χ2n) is 6.31. The summed E-state index contributed by atoms with van der Waals surface area (Å²) in [5.74, 6) is -0.513. The van der Waals surface area contributed by atoms with Crippen LogP contribution in [0.5, 0.6) is 11.5 Å². The molecule has 1 N–H and O–H groups in total. The molecule has 0 spiro atoms. The van der Waals surface area contributed by atoms with Crippen molar-refractivity contribution in [1.82, 2.24) is 4.31 Å². The fourth-order valence-electron chi connectivity index (χ4n) is 2.79. The molecule has 0 radical (unpaired) electrons. The van der Waals surface area contributed by atoms with Crippen molar-refractivity contribution in [3.05, 3.63) is 42.5 Å². The van der Waals surface area contributed by atoms with Gasteiger partial charge in [0.05, 0.1) is 17.2 Å². The van der Waals surface area contributed by atoms with Gasteiger partial charge in [0.25, 0.3) is 10.0 Å². The highest BCUT2D eigenvalue weighted by Gasteiger charge is 2.31. The topological polar surface area (TPSA) is 102 Å². The number of alkyl halides is 3. The second-order valence-corrected chi connectivity index (χ2v) is 9.90. The van der Waals surface area contributed by atoms with Crippen LogP contribution in [0.15, 0.2) is 52.3 Å². The first-order valence-electron chi connectivity index (χ1n) is 9.49. The zero-order valence-corrected chi connectivity index (χ0v) is 19.1. The zero-order valence-electron chi connectivity index (χ0n) is 17.5. The van der Waals surface area contributed by atoms with Crippen LogP contribution >= 0.6 is 0 Å². The zero-order chi connectivity index (χ0) is 24.2. The van der Waals surface area contributed by atoms with E-state index in [2.05, 4.69) is 9.46 Å². The lowest BCUT2D eigenvalue weighted by atomic mass is 10.3. The maximum absolute atomic E-state index is 13.0. The van der Waals surface area contributed by atoms with Crippen molar-refractivity contribution in [2.75, 3.05) is 24.4 Å². The van der Waals surface area contributed by atoms with Gasteiger partial charge in [-0.15, -0.1) is 13.2 Å². The third-order valence-corrected chi connectivity index (χ3v) is 7.65. The van der Waals surface area contributed by atoms with Gasteiger partial charge < -0.3 is 9.47 Å². The summed E-state index contributed by atoms with van der Waals surface area (Å²) in [4.78, 5) is -0.550. The Hall–Kier alpha value is -2.51. The number of hydrogen-bond donors (Lipinski definition) is 1. The Kier molecular flexibility index (Phi) is 8.02. The van der Waals surface area contributed by atoms with Gasteiger partial charge in [0.1, 0.15) is 16.4 Å². The molecule has 0 aliphatic heterocycles. The summed E-state index contributed by atoms with van der Waals surface area (Å²) in [5.41, 5.74) is -0.0604. The van der Waals surface area contributed by atoms with Gasteiger partial charge in [0.2, 0.25) is 10.0 Å². The molecule has 0 aliphatic carbocycles. The molecule has 0 amide bonds. The number of benzene rings is 2. The molecular weight excluding hydrogens is 473 g/mol. The second kappa shape index (κ2) is 9.96. The molecule has 8 nitrogen and oxygen atoms in total. The number of nitrogens with zero attached hydrogens (tertiary/aromatic N) is 1. The van der Waals surface area contributed by atoms with Crippen LogP contribution in [0.2, 0.25) is 0 Å². The average Bonchev–Trinajstić information content (AvgIpc) is 2.69. The number of nitrogens with one attached hydrogen (secondary N) is 1. The molecule has 0 atom stereocenters. The monoisotopic (exact) mass is 496 g/mol. The number of rotatable bonds is 10. The Balaban J connectivity index is 2.40. The van der Waals surface area contributed by atoms with Crippen LogP contribution in [-0.2, 0) is 20.0 Å². The maximum atomic E-state index is 13.0. The summed E-state index contributed by atoms with van der Waals surface area (Å²) in [6.45, 7) is 5.61. The molecule has 0 aliphatic rings. The summed E-state index contributed by atoms with van der Waals surface area (Å²) in [6.07, 6.45) is -4.91. The molecule has 0 saturated heterocycles. The largest absolute Gasteiger partial charge is 0.573 e. The SMILES string of the molecule is CCOc1ccc(NS(=O)(=O)c2ccc(OC(F)(F)F)cc2)cc1S(=O)(=O)N(CC)CC. The van der Waals surface area contributed by atoms with Crippen molar-refractivity contribution in [1.29, 1.82) is 0 Å². The van der Waals surface area contributed by atoms with E-state index in [0.29, 0.717) is 0 Å². The normalized spacial score (nSPS) is 12.6. The van der Waals surface area contributed by atoms with Crippen LogP contribution < -0.4 is 14.2 Å². The van der Waals surface area contributed by atoms with Crippen LogP contribution in [0.3, 0.4) is 0 Å². The van der Waals surface area contributed by atoms with Crippen LogP contribution in [0, 0.1) is 0 Å². The number of anilines is 1. The molecule has 13 heteroatoms. The predicted molar refractivity (Wildman–Crippen MR) is 112 cm³/mol. The number of sulfonamides is 2. The lowest BCUT2D eigenvalue weighted by molar-refractivity contribution is -0.274. The van der Waals surface area contributed by atoms with Crippen LogP contribution in [0.1, 0.15) is 20.8 Å². The first-order chi connectivity index (χ1) is 14.8. The summed E-state index contributed by atoms with van der Waals surface area (Å²) in [5, 5.41) is 0. The van der Waals surface area contributed by atoms with Gasteiger partial charge in [-0.3, -0.25) is 4.72 Å². The lowest BCUT2D eigenvalue weighted by Crippen LogP contribution is -2.31. The number of halogens is 3. The third kappa shape index (κ3) is 6.26. The molecule has 0 unspecified atom stereocenters. The molecule has 2 rings (SSSR count). The first kappa shape index (κ1) is 25.7. The van der Waals surface area contributed by atoms with Gasteiger partial charge in [-0.25, -0.2) is 16.8 Å². The fourth-order valence-corrected chi connectivity index (χ4v) is 5.45.